The first-order valence-corrected chi connectivity index (χ1v) is 5.43. The third-order valence-electron chi connectivity index (χ3n) is 2.08. The zero-order valence-electron chi connectivity index (χ0n) is 7.89. The molecule has 2 aromatic rings. The fourth-order valence-electron chi connectivity index (χ4n) is 1.29. The number of hydrogen-bond donors (Lipinski definition) is 0. The van der Waals surface area contributed by atoms with E-state index < -0.39 is 0 Å². The molecule has 0 aliphatic rings. The van der Waals surface area contributed by atoms with Gasteiger partial charge in [0.1, 0.15) is 0 Å². The summed E-state index contributed by atoms with van der Waals surface area (Å²) in [5.74, 6) is 0. The van der Waals surface area contributed by atoms with Crippen LogP contribution in [0.15, 0.2) is 25.0 Å². The Bertz CT molecular complexity index is 418. The summed E-state index contributed by atoms with van der Waals surface area (Å²) in [6.07, 6.45) is 7.54. The second-order valence-electron chi connectivity index (χ2n) is 3.17. The molecule has 0 radical (unpaired) electrons. The summed E-state index contributed by atoms with van der Waals surface area (Å²) in [7, 11) is 1.99. The van der Waals surface area contributed by atoms with E-state index in [1.54, 1.807) is 6.33 Å². The average molecular weight is 255 g/mol. The van der Waals surface area contributed by atoms with Gasteiger partial charge in [-0.05, 0) is 0 Å². The van der Waals surface area contributed by atoms with Crippen LogP contribution in [0, 0.1) is 0 Å². The monoisotopic (exact) mass is 254 g/mol. The summed E-state index contributed by atoms with van der Waals surface area (Å²) < 4.78 is 4.06. The van der Waals surface area contributed by atoms with Crippen LogP contribution in [0.4, 0.5) is 0 Å². The maximum atomic E-state index is 4.23. The molecule has 4 nitrogen and oxygen atoms in total. The molecule has 0 amide bonds. The minimum Gasteiger partial charge on any atom is -0.336 e. The average Bonchev–Trinajstić information content (AvgIpc) is 2.77. The number of rotatable bonds is 3. The van der Waals surface area contributed by atoms with Crippen LogP contribution in [-0.2, 0) is 18.9 Å². The Labute approximate surface area is 90.7 Å². The lowest BCUT2D eigenvalue weighted by molar-refractivity contribution is 0.722. The fourth-order valence-corrected chi connectivity index (χ4v) is 1.58. The summed E-state index contributed by atoms with van der Waals surface area (Å²) in [6.45, 7) is 0.816. The Morgan fingerprint density at radius 2 is 2.29 bits per heavy atom. The summed E-state index contributed by atoms with van der Waals surface area (Å²) in [4.78, 5) is 8.30. The van der Waals surface area contributed by atoms with Crippen molar-refractivity contribution in [2.45, 2.75) is 11.9 Å². The van der Waals surface area contributed by atoms with Crippen molar-refractivity contribution < 1.29 is 0 Å². The van der Waals surface area contributed by atoms with Crippen molar-refractivity contribution in [3.63, 3.8) is 0 Å². The van der Waals surface area contributed by atoms with Gasteiger partial charge < -0.3 is 9.13 Å². The van der Waals surface area contributed by atoms with Crippen LogP contribution in [0.3, 0.4) is 0 Å². The molecule has 2 aromatic heterocycles. The largest absolute Gasteiger partial charge is 0.336 e. The van der Waals surface area contributed by atoms with Gasteiger partial charge in [-0.3, -0.25) is 0 Å². The second kappa shape index (κ2) is 3.96. The van der Waals surface area contributed by atoms with Crippen molar-refractivity contribution in [1.29, 1.82) is 0 Å². The van der Waals surface area contributed by atoms with Gasteiger partial charge in [-0.25, -0.2) is 9.97 Å². The highest BCUT2D eigenvalue weighted by Crippen LogP contribution is 2.05. The van der Waals surface area contributed by atoms with E-state index in [9.17, 15) is 0 Å². The maximum Gasteiger partial charge on any atom is 0.0953 e. The highest BCUT2D eigenvalue weighted by molar-refractivity contribution is 9.08. The summed E-state index contributed by atoms with van der Waals surface area (Å²) in [6, 6.07) is 0. The van der Waals surface area contributed by atoms with E-state index >= 15 is 0 Å². The van der Waals surface area contributed by atoms with Gasteiger partial charge in [0.05, 0.1) is 30.6 Å². The Morgan fingerprint density at radius 3 is 2.86 bits per heavy atom. The molecule has 0 spiro atoms. The molecule has 74 valence electrons. The zero-order chi connectivity index (χ0) is 9.97. The van der Waals surface area contributed by atoms with Gasteiger partial charge in [0.25, 0.3) is 0 Å². The molecule has 5 heteroatoms. The van der Waals surface area contributed by atoms with Crippen molar-refractivity contribution in [1.82, 2.24) is 19.1 Å². The molecule has 0 aromatic carbocycles. The van der Waals surface area contributed by atoms with Crippen molar-refractivity contribution >= 4 is 15.9 Å². The number of halogens is 1. The molecule has 0 saturated carbocycles. The van der Waals surface area contributed by atoms with E-state index in [0.29, 0.717) is 0 Å². The number of hydrogen-bond acceptors (Lipinski definition) is 2. The van der Waals surface area contributed by atoms with Gasteiger partial charge in [0.2, 0.25) is 0 Å². The predicted molar refractivity (Wildman–Crippen MR) is 57.2 cm³/mol. The number of aryl methyl sites for hydroxylation is 1. The molecule has 0 atom stereocenters. The van der Waals surface area contributed by atoms with Crippen LogP contribution >= 0.6 is 15.9 Å². The molecule has 0 unspecified atom stereocenters. The van der Waals surface area contributed by atoms with Crippen molar-refractivity contribution in [3.05, 3.63) is 36.4 Å². The predicted octanol–water partition coefficient (Wildman–Crippen LogP) is 1.56. The highest BCUT2D eigenvalue weighted by Gasteiger charge is 2.01. The molecule has 0 fully saturated rings. The zero-order valence-corrected chi connectivity index (χ0v) is 9.48. The first-order valence-electron chi connectivity index (χ1n) is 4.31. The Balaban J connectivity index is 2.15. The lowest BCUT2D eigenvalue weighted by atomic mass is 10.4. The maximum absolute atomic E-state index is 4.23. The molecule has 0 aliphatic carbocycles. The van der Waals surface area contributed by atoms with Gasteiger partial charge in [-0.15, -0.1) is 0 Å². The Kier molecular flexibility index (Phi) is 2.67. The second-order valence-corrected chi connectivity index (χ2v) is 3.73. The lowest BCUT2D eigenvalue weighted by Crippen LogP contribution is -2.01. The van der Waals surface area contributed by atoms with Crippen LogP contribution in [0.25, 0.3) is 0 Å². The standard InChI is InChI=1S/C9H11BrN4/c1-13-6-11-3-9(13)5-14-4-8(2-10)12-7-14/h3-4,6-7H,2,5H2,1H3. The first kappa shape index (κ1) is 9.45. The van der Waals surface area contributed by atoms with Crippen LogP contribution in [0.2, 0.25) is 0 Å². The van der Waals surface area contributed by atoms with Crippen molar-refractivity contribution in [2.75, 3.05) is 0 Å². The number of alkyl halides is 1. The van der Waals surface area contributed by atoms with Crippen LogP contribution in [0.5, 0.6) is 0 Å². The molecular weight excluding hydrogens is 244 g/mol. The van der Waals surface area contributed by atoms with Gasteiger partial charge >= 0.3 is 0 Å². The first-order chi connectivity index (χ1) is 6.79. The SMILES string of the molecule is Cn1cncc1Cn1cnc(CBr)c1. The molecule has 2 heterocycles. The Morgan fingerprint density at radius 1 is 1.43 bits per heavy atom. The minimum absolute atomic E-state index is 0.797. The van der Waals surface area contributed by atoms with Gasteiger partial charge in [0.15, 0.2) is 0 Å². The quantitative estimate of drug-likeness (QED) is 0.780. The lowest BCUT2D eigenvalue weighted by Gasteiger charge is -2.01. The third-order valence-corrected chi connectivity index (χ3v) is 2.66. The van der Waals surface area contributed by atoms with E-state index in [0.717, 1.165) is 17.6 Å². The van der Waals surface area contributed by atoms with Crippen molar-refractivity contribution in [3.8, 4) is 0 Å². The molecule has 0 bridgehead atoms. The van der Waals surface area contributed by atoms with Crippen LogP contribution < -0.4 is 0 Å². The summed E-state index contributed by atoms with van der Waals surface area (Å²) in [5, 5.41) is 0.797. The molecule has 14 heavy (non-hydrogen) atoms. The number of nitrogens with zero attached hydrogens (tertiary/aromatic N) is 4. The highest BCUT2D eigenvalue weighted by atomic mass is 79.9. The van der Waals surface area contributed by atoms with Crippen molar-refractivity contribution in [2.24, 2.45) is 7.05 Å². The van der Waals surface area contributed by atoms with Gasteiger partial charge in [-0.2, -0.15) is 0 Å². The summed E-state index contributed by atoms with van der Waals surface area (Å²) in [5.41, 5.74) is 2.22. The van der Waals surface area contributed by atoms with Crippen LogP contribution in [0.1, 0.15) is 11.4 Å². The van der Waals surface area contributed by atoms with E-state index in [1.807, 2.05) is 34.9 Å². The summed E-state index contributed by atoms with van der Waals surface area (Å²) >= 11 is 3.37. The molecular formula is C9H11BrN4. The molecule has 0 aliphatic heterocycles. The molecule has 0 N–H and O–H groups in total. The molecule has 0 saturated heterocycles. The Hall–Kier alpha value is -1.10. The number of imidazole rings is 2. The van der Waals surface area contributed by atoms with Gasteiger partial charge in [-0.1, -0.05) is 15.9 Å². The van der Waals surface area contributed by atoms with E-state index in [1.165, 1.54) is 5.69 Å². The van der Waals surface area contributed by atoms with Crippen LogP contribution in [-0.4, -0.2) is 19.1 Å². The van der Waals surface area contributed by atoms with E-state index in [4.69, 9.17) is 0 Å². The fraction of sp³-hybridized carbons (Fsp3) is 0.333. The normalized spacial score (nSPS) is 10.7. The minimum atomic E-state index is 0.797. The number of aromatic nitrogens is 4. The smallest absolute Gasteiger partial charge is 0.0953 e. The van der Waals surface area contributed by atoms with Gasteiger partial charge in [0, 0.05) is 24.8 Å². The third kappa shape index (κ3) is 1.87. The topological polar surface area (TPSA) is 35.6 Å². The van der Waals surface area contributed by atoms with E-state index in [-0.39, 0.29) is 0 Å². The molecule has 2 rings (SSSR count). The van der Waals surface area contributed by atoms with E-state index in [2.05, 4.69) is 25.9 Å².